The maximum atomic E-state index is 11.7. The lowest BCUT2D eigenvalue weighted by Crippen LogP contribution is -2.26. The van der Waals surface area contributed by atoms with E-state index in [0.29, 0.717) is 19.1 Å². The summed E-state index contributed by atoms with van der Waals surface area (Å²) < 4.78 is 5.70. The van der Waals surface area contributed by atoms with Gasteiger partial charge in [-0.2, -0.15) is 0 Å². The Morgan fingerprint density at radius 2 is 2.42 bits per heavy atom. The lowest BCUT2D eigenvalue weighted by molar-refractivity contribution is -0.121. The number of rotatable bonds is 6. The molecule has 1 aliphatic heterocycles. The molecule has 0 spiro atoms. The molecule has 2 rings (SSSR count). The fourth-order valence-corrected chi connectivity index (χ4v) is 3.08. The Kier molecular flexibility index (Phi) is 5.34. The van der Waals surface area contributed by atoms with E-state index in [1.807, 2.05) is 12.3 Å². The molecule has 5 heteroatoms. The second-order valence-corrected chi connectivity index (χ2v) is 6.11. The first kappa shape index (κ1) is 14.5. The van der Waals surface area contributed by atoms with E-state index in [-0.39, 0.29) is 12.0 Å². The fourth-order valence-electron chi connectivity index (χ4n) is 2.30. The molecule has 1 aromatic rings. The molecule has 1 saturated heterocycles. The van der Waals surface area contributed by atoms with Crippen LogP contribution in [0.3, 0.4) is 0 Å². The minimum absolute atomic E-state index is 0.122. The van der Waals surface area contributed by atoms with Gasteiger partial charge in [-0.15, -0.1) is 11.3 Å². The summed E-state index contributed by atoms with van der Waals surface area (Å²) in [6.45, 7) is 4.75. The molecule has 1 aromatic heterocycles. The Morgan fingerprint density at radius 1 is 1.58 bits per heavy atom. The van der Waals surface area contributed by atoms with Gasteiger partial charge >= 0.3 is 0 Å². The molecule has 1 amide bonds. The summed E-state index contributed by atoms with van der Waals surface area (Å²) in [5.41, 5.74) is 1.05. The average molecular weight is 282 g/mol. The van der Waals surface area contributed by atoms with Crippen LogP contribution in [0.2, 0.25) is 0 Å². The Morgan fingerprint density at radius 3 is 3.05 bits per heavy atom. The molecule has 0 bridgehead atoms. The summed E-state index contributed by atoms with van der Waals surface area (Å²) in [7, 11) is 0. The van der Waals surface area contributed by atoms with Crippen LogP contribution in [-0.2, 0) is 16.0 Å². The van der Waals surface area contributed by atoms with Crippen molar-refractivity contribution in [3.63, 3.8) is 0 Å². The van der Waals surface area contributed by atoms with E-state index in [9.17, 15) is 4.79 Å². The Balaban J connectivity index is 1.57. The highest BCUT2D eigenvalue weighted by Crippen LogP contribution is 2.22. The maximum Gasteiger partial charge on any atom is 0.220 e. The molecule has 0 aromatic carbocycles. The molecule has 0 aliphatic carbocycles. The molecule has 2 heterocycles. The fraction of sp³-hybridized carbons (Fsp3) is 0.714. The van der Waals surface area contributed by atoms with Crippen LogP contribution in [0.25, 0.3) is 0 Å². The minimum atomic E-state index is 0.122. The Labute approximate surface area is 118 Å². The van der Waals surface area contributed by atoms with Crippen LogP contribution in [0, 0.1) is 6.92 Å². The lowest BCUT2D eigenvalue weighted by atomic mass is 10.1. The number of nitrogens with one attached hydrogen (secondary N) is 1. The molecule has 0 saturated carbocycles. The number of aromatic nitrogens is 1. The highest BCUT2D eigenvalue weighted by molar-refractivity contribution is 7.09. The zero-order valence-corrected chi connectivity index (χ0v) is 12.5. The summed E-state index contributed by atoms with van der Waals surface area (Å²) in [6, 6.07) is 0. The van der Waals surface area contributed by atoms with Crippen LogP contribution in [0.4, 0.5) is 0 Å². The quantitative estimate of drug-likeness (QED) is 0.872. The van der Waals surface area contributed by atoms with Gasteiger partial charge in [-0.25, -0.2) is 4.98 Å². The molecule has 2 atom stereocenters. The van der Waals surface area contributed by atoms with Crippen molar-refractivity contribution in [2.75, 3.05) is 6.54 Å². The average Bonchev–Trinajstić information content (AvgIpc) is 2.96. The molecule has 1 aliphatic rings. The number of carbonyl (C=O) groups excluding carboxylic acids is 1. The van der Waals surface area contributed by atoms with Gasteiger partial charge in [0.25, 0.3) is 0 Å². The summed E-state index contributed by atoms with van der Waals surface area (Å²) in [5, 5.41) is 6.07. The Bertz CT molecular complexity index is 419. The first-order valence-electron chi connectivity index (χ1n) is 6.96. The van der Waals surface area contributed by atoms with E-state index in [1.165, 1.54) is 0 Å². The highest BCUT2D eigenvalue weighted by atomic mass is 32.1. The van der Waals surface area contributed by atoms with Crippen LogP contribution < -0.4 is 5.32 Å². The van der Waals surface area contributed by atoms with E-state index < -0.39 is 0 Å². The van der Waals surface area contributed by atoms with Crippen molar-refractivity contribution >= 4 is 17.2 Å². The van der Waals surface area contributed by atoms with Crippen LogP contribution in [0.5, 0.6) is 0 Å². The van der Waals surface area contributed by atoms with Gasteiger partial charge in [-0.05, 0) is 33.1 Å². The largest absolute Gasteiger partial charge is 0.375 e. The molecule has 1 fully saturated rings. The summed E-state index contributed by atoms with van der Waals surface area (Å²) >= 11 is 1.65. The van der Waals surface area contributed by atoms with Gasteiger partial charge in [-0.1, -0.05) is 0 Å². The molecule has 19 heavy (non-hydrogen) atoms. The van der Waals surface area contributed by atoms with Crippen molar-refractivity contribution in [1.82, 2.24) is 10.3 Å². The zero-order valence-electron chi connectivity index (χ0n) is 11.6. The molecule has 106 valence electrons. The van der Waals surface area contributed by atoms with Crippen molar-refractivity contribution in [3.8, 4) is 0 Å². The number of hydrogen-bond donors (Lipinski definition) is 1. The second-order valence-electron chi connectivity index (χ2n) is 5.17. The molecule has 1 N–H and O–H groups in total. The van der Waals surface area contributed by atoms with E-state index in [1.54, 1.807) is 11.3 Å². The summed E-state index contributed by atoms with van der Waals surface area (Å²) in [4.78, 5) is 16.1. The third-order valence-corrected chi connectivity index (χ3v) is 4.37. The van der Waals surface area contributed by atoms with Crippen molar-refractivity contribution in [2.45, 2.75) is 58.2 Å². The van der Waals surface area contributed by atoms with E-state index in [2.05, 4.69) is 17.2 Å². The third-order valence-electron chi connectivity index (χ3n) is 3.34. The van der Waals surface area contributed by atoms with E-state index >= 15 is 0 Å². The standard InChI is InChI=1S/C14H22N2O2S/c1-10-9-19-14(16-10)7-8-15-13(17)6-5-12-4-3-11(2)18-12/h9,11-12H,3-8H2,1-2H3,(H,15,17)/t11-,12-/m1/s1. The first-order valence-corrected chi connectivity index (χ1v) is 7.84. The summed E-state index contributed by atoms with van der Waals surface area (Å²) in [6.07, 6.45) is 5.08. The number of ether oxygens (including phenoxy) is 1. The normalized spacial score (nSPS) is 22.6. The first-order chi connectivity index (χ1) is 9.13. The van der Waals surface area contributed by atoms with Crippen LogP contribution in [-0.4, -0.2) is 29.6 Å². The molecule has 4 nitrogen and oxygen atoms in total. The minimum Gasteiger partial charge on any atom is -0.375 e. The van der Waals surface area contributed by atoms with Gasteiger partial charge in [0.15, 0.2) is 0 Å². The highest BCUT2D eigenvalue weighted by Gasteiger charge is 2.21. The number of aryl methyl sites for hydroxylation is 1. The predicted molar refractivity (Wildman–Crippen MR) is 76.4 cm³/mol. The molecule has 0 unspecified atom stereocenters. The molecular weight excluding hydrogens is 260 g/mol. The van der Waals surface area contributed by atoms with Gasteiger partial charge in [-0.3, -0.25) is 4.79 Å². The van der Waals surface area contributed by atoms with Crippen molar-refractivity contribution in [1.29, 1.82) is 0 Å². The van der Waals surface area contributed by atoms with Gasteiger partial charge in [0.1, 0.15) is 0 Å². The smallest absolute Gasteiger partial charge is 0.220 e. The number of carbonyl (C=O) groups is 1. The van der Waals surface area contributed by atoms with Gasteiger partial charge in [0.2, 0.25) is 5.91 Å². The number of thiazole rings is 1. The Hall–Kier alpha value is -0.940. The zero-order chi connectivity index (χ0) is 13.7. The lowest BCUT2D eigenvalue weighted by Gasteiger charge is -2.10. The number of nitrogens with zero attached hydrogens (tertiary/aromatic N) is 1. The van der Waals surface area contributed by atoms with Gasteiger partial charge in [0, 0.05) is 30.5 Å². The summed E-state index contributed by atoms with van der Waals surface area (Å²) in [5.74, 6) is 0.122. The molecule has 0 radical (unpaired) electrons. The monoisotopic (exact) mass is 282 g/mol. The topological polar surface area (TPSA) is 51.2 Å². The van der Waals surface area contributed by atoms with E-state index in [4.69, 9.17) is 4.74 Å². The van der Waals surface area contributed by atoms with E-state index in [0.717, 1.165) is 36.4 Å². The SMILES string of the molecule is Cc1csc(CCNC(=O)CC[C@H]2CC[C@@H](C)O2)n1. The van der Waals surface area contributed by atoms with Gasteiger partial charge in [0.05, 0.1) is 17.2 Å². The third kappa shape index (κ3) is 4.91. The van der Waals surface area contributed by atoms with Crippen LogP contribution in [0.15, 0.2) is 5.38 Å². The second kappa shape index (κ2) is 7.01. The predicted octanol–water partition coefficient (Wildman–Crippen LogP) is 2.46. The van der Waals surface area contributed by atoms with Crippen LogP contribution >= 0.6 is 11.3 Å². The van der Waals surface area contributed by atoms with Crippen molar-refractivity contribution in [3.05, 3.63) is 16.1 Å². The maximum absolute atomic E-state index is 11.7. The number of hydrogen-bond acceptors (Lipinski definition) is 4. The van der Waals surface area contributed by atoms with Crippen molar-refractivity contribution in [2.24, 2.45) is 0 Å². The van der Waals surface area contributed by atoms with Crippen LogP contribution in [0.1, 0.15) is 43.3 Å². The number of amides is 1. The molecular formula is C14H22N2O2S. The van der Waals surface area contributed by atoms with Crippen molar-refractivity contribution < 1.29 is 9.53 Å². The van der Waals surface area contributed by atoms with Gasteiger partial charge < -0.3 is 10.1 Å².